The molecule has 0 unspecified atom stereocenters. The van der Waals surface area contributed by atoms with E-state index in [0.717, 1.165) is 17.7 Å². The van der Waals surface area contributed by atoms with E-state index < -0.39 is 0 Å². The fraction of sp³-hybridized carbons (Fsp3) is 0.310. The Balaban J connectivity index is 1.48. The number of hydrogen-bond donors (Lipinski definition) is 0. The second-order valence-corrected chi connectivity index (χ2v) is 9.13. The summed E-state index contributed by atoms with van der Waals surface area (Å²) in [6.45, 7) is 5.93. The van der Waals surface area contributed by atoms with Crippen LogP contribution in [-0.2, 0) is 22.6 Å². The Labute approximate surface area is 196 Å². The van der Waals surface area contributed by atoms with Crippen molar-refractivity contribution in [1.82, 2.24) is 4.90 Å². The molecule has 0 bridgehead atoms. The van der Waals surface area contributed by atoms with Gasteiger partial charge >= 0.3 is 0 Å². The minimum atomic E-state index is -0.318. The highest BCUT2D eigenvalue weighted by atomic mass is 16.2. The standard InChI is InChI=1S/C29H32N2O2/c1-22(2)25-13-15-27(16-14-25)31-21-26(19-28(31)32)29(33)30(20-24-11-7-4-8-12-24)18-17-23-9-5-3-6-10-23/h3-16,22,26H,17-21H2,1-2H3/t26-/m1/s1. The van der Waals surface area contributed by atoms with Gasteiger partial charge in [0.15, 0.2) is 0 Å². The maximum Gasteiger partial charge on any atom is 0.228 e. The lowest BCUT2D eigenvalue weighted by Gasteiger charge is -2.26. The molecular formula is C29H32N2O2. The van der Waals surface area contributed by atoms with Gasteiger partial charge in [-0.05, 0) is 41.2 Å². The molecule has 2 amide bonds. The third kappa shape index (κ3) is 5.70. The van der Waals surface area contributed by atoms with Gasteiger partial charge in [0.1, 0.15) is 0 Å². The number of carbonyl (C=O) groups excluding carboxylic acids is 2. The van der Waals surface area contributed by atoms with Gasteiger partial charge in [0, 0.05) is 31.7 Å². The first-order valence-electron chi connectivity index (χ1n) is 11.8. The van der Waals surface area contributed by atoms with Crippen molar-refractivity contribution in [2.24, 2.45) is 5.92 Å². The van der Waals surface area contributed by atoms with Crippen LogP contribution >= 0.6 is 0 Å². The fourth-order valence-corrected chi connectivity index (χ4v) is 4.40. The molecule has 0 radical (unpaired) electrons. The maximum atomic E-state index is 13.6. The molecule has 170 valence electrons. The Morgan fingerprint density at radius 1 is 0.909 bits per heavy atom. The summed E-state index contributed by atoms with van der Waals surface area (Å²) in [5, 5.41) is 0. The van der Waals surface area contributed by atoms with Crippen molar-refractivity contribution >= 4 is 17.5 Å². The van der Waals surface area contributed by atoms with Crippen LogP contribution in [0.2, 0.25) is 0 Å². The zero-order chi connectivity index (χ0) is 23.2. The predicted molar refractivity (Wildman–Crippen MR) is 133 cm³/mol. The van der Waals surface area contributed by atoms with Crippen molar-refractivity contribution in [3.8, 4) is 0 Å². The van der Waals surface area contributed by atoms with Gasteiger partial charge in [-0.2, -0.15) is 0 Å². The lowest BCUT2D eigenvalue weighted by Crippen LogP contribution is -2.38. The fourth-order valence-electron chi connectivity index (χ4n) is 4.40. The van der Waals surface area contributed by atoms with Crippen molar-refractivity contribution < 1.29 is 9.59 Å². The van der Waals surface area contributed by atoms with E-state index in [2.05, 4.69) is 38.1 Å². The second kappa shape index (κ2) is 10.5. The number of rotatable bonds is 8. The van der Waals surface area contributed by atoms with E-state index in [9.17, 15) is 9.59 Å². The van der Waals surface area contributed by atoms with E-state index in [0.29, 0.717) is 25.6 Å². The van der Waals surface area contributed by atoms with Gasteiger partial charge in [0.2, 0.25) is 11.8 Å². The SMILES string of the molecule is CC(C)c1ccc(N2C[C@H](C(=O)N(CCc3ccccc3)Cc3ccccc3)CC2=O)cc1. The van der Waals surface area contributed by atoms with Gasteiger partial charge in [-0.25, -0.2) is 0 Å². The summed E-state index contributed by atoms with van der Waals surface area (Å²) >= 11 is 0. The third-order valence-corrected chi connectivity index (χ3v) is 6.39. The number of carbonyl (C=O) groups is 2. The molecule has 0 N–H and O–H groups in total. The normalized spacial score (nSPS) is 15.8. The molecule has 3 aromatic carbocycles. The van der Waals surface area contributed by atoms with E-state index in [4.69, 9.17) is 0 Å². The first-order valence-corrected chi connectivity index (χ1v) is 11.8. The summed E-state index contributed by atoms with van der Waals surface area (Å²) in [5.41, 5.74) is 4.42. The maximum absolute atomic E-state index is 13.6. The zero-order valence-electron chi connectivity index (χ0n) is 19.5. The molecule has 0 aromatic heterocycles. The average molecular weight is 441 g/mol. The van der Waals surface area contributed by atoms with Crippen molar-refractivity contribution in [3.63, 3.8) is 0 Å². The lowest BCUT2D eigenvalue weighted by molar-refractivity contribution is -0.136. The van der Waals surface area contributed by atoms with Crippen LogP contribution in [0, 0.1) is 5.92 Å². The van der Waals surface area contributed by atoms with E-state index >= 15 is 0 Å². The molecule has 0 aliphatic carbocycles. The summed E-state index contributed by atoms with van der Waals surface area (Å²) in [4.78, 5) is 30.1. The highest BCUT2D eigenvalue weighted by Gasteiger charge is 2.37. The molecule has 4 rings (SSSR count). The Hall–Kier alpha value is -3.40. The van der Waals surface area contributed by atoms with Crippen LogP contribution in [0.5, 0.6) is 0 Å². The van der Waals surface area contributed by atoms with Gasteiger partial charge in [-0.3, -0.25) is 9.59 Å². The largest absolute Gasteiger partial charge is 0.338 e. The summed E-state index contributed by atoms with van der Waals surface area (Å²) in [7, 11) is 0. The summed E-state index contributed by atoms with van der Waals surface area (Å²) in [5.74, 6) is 0.207. The second-order valence-electron chi connectivity index (χ2n) is 9.13. The molecule has 4 heteroatoms. The van der Waals surface area contributed by atoms with Crippen LogP contribution in [0.25, 0.3) is 0 Å². The molecule has 4 nitrogen and oxygen atoms in total. The average Bonchev–Trinajstić information content (AvgIpc) is 3.24. The van der Waals surface area contributed by atoms with Crippen molar-refractivity contribution in [3.05, 3.63) is 102 Å². The summed E-state index contributed by atoms with van der Waals surface area (Å²) in [6.07, 6.45) is 1.06. The first kappa shape index (κ1) is 22.8. The number of benzene rings is 3. The molecule has 1 saturated heterocycles. The number of hydrogen-bond acceptors (Lipinski definition) is 2. The predicted octanol–water partition coefficient (Wildman–Crippen LogP) is 5.43. The van der Waals surface area contributed by atoms with Crippen LogP contribution in [-0.4, -0.2) is 29.8 Å². The monoisotopic (exact) mass is 440 g/mol. The Kier molecular flexibility index (Phi) is 7.23. The highest BCUT2D eigenvalue weighted by Crippen LogP contribution is 2.28. The van der Waals surface area contributed by atoms with Crippen LogP contribution in [0.1, 0.15) is 42.9 Å². The zero-order valence-corrected chi connectivity index (χ0v) is 19.5. The number of nitrogens with zero attached hydrogens (tertiary/aromatic N) is 2. The minimum absolute atomic E-state index is 0.0216. The summed E-state index contributed by atoms with van der Waals surface area (Å²) in [6, 6.07) is 28.4. The molecule has 1 fully saturated rings. The Morgan fingerprint density at radius 3 is 2.12 bits per heavy atom. The van der Waals surface area contributed by atoms with E-state index in [1.165, 1.54) is 11.1 Å². The molecule has 1 aliphatic rings. The molecule has 3 aromatic rings. The molecule has 1 aliphatic heterocycles. The molecule has 1 heterocycles. The lowest BCUT2D eigenvalue weighted by atomic mass is 10.0. The molecule has 33 heavy (non-hydrogen) atoms. The van der Waals surface area contributed by atoms with Gasteiger partial charge in [-0.1, -0.05) is 86.6 Å². The van der Waals surface area contributed by atoms with E-state index in [1.54, 1.807) is 4.90 Å². The smallest absolute Gasteiger partial charge is 0.228 e. The molecule has 1 atom stereocenters. The number of amides is 2. The van der Waals surface area contributed by atoms with E-state index in [-0.39, 0.29) is 24.2 Å². The van der Waals surface area contributed by atoms with Crippen molar-refractivity contribution in [1.29, 1.82) is 0 Å². The molecule has 0 spiro atoms. The first-order chi connectivity index (χ1) is 16.0. The van der Waals surface area contributed by atoms with Crippen LogP contribution < -0.4 is 4.90 Å². The summed E-state index contributed by atoms with van der Waals surface area (Å²) < 4.78 is 0. The van der Waals surface area contributed by atoms with Gasteiger partial charge in [0.25, 0.3) is 0 Å². The van der Waals surface area contributed by atoms with Gasteiger partial charge in [-0.15, -0.1) is 0 Å². The molecular weight excluding hydrogens is 408 g/mol. The number of anilines is 1. The van der Waals surface area contributed by atoms with Crippen LogP contribution in [0.15, 0.2) is 84.9 Å². The van der Waals surface area contributed by atoms with E-state index in [1.807, 2.05) is 65.6 Å². The van der Waals surface area contributed by atoms with Crippen molar-refractivity contribution in [2.75, 3.05) is 18.0 Å². The Bertz CT molecular complexity index is 1060. The Morgan fingerprint density at radius 2 is 1.52 bits per heavy atom. The quantitative estimate of drug-likeness (QED) is 0.468. The topological polar surface area (TPSA) is 40.6 Å². The van der Waals surface area contributed by atoms with Gasteiger partial charge in [0.05, 0.1) is 5.92 Å². The van der Waals surface area contributed by atoms with Crippen LogP contribution in [0.4, 0.5) is 5.69 Å². The van der Waals surface area contributed by atoms with Crippen molar-refractivity contribution in [2.45, 2.75) is 39.2 Å². The van der Waals surface area contributed by atoms with Crippen LogP contribution in [0.3, 0.4) is 0 Å². The minimum Gasteiger partial charge on any atom is -0.338 e. The highest BCUT2D eigenvalue weighted by molar-refractivity contribution is 6.00. The third-order valence-electron chi connectivity index (χ3n) is 6.39. The van der Waals surface area contributed by atoms with Gasteiger partial charge < -0.3 is 9.80 Å². The molecule has 0 saturated carbocycles.